The van der Waals surface area contributed by atoms with E-state index in [1.807, 2.05) is 18.2 Å². The third kappa shape index (κ3) is 2.36. The largest absolute Gasteiger partial charge is 0.331 e. The molecule has 4 N–H and O–H groups in total. The summed E-state index contributed by atoms with van der Waals surface area (Å²) in [6, 6.07) is 5.31. The van der Waals surface area contributed by atoms with E-state index in [2.05, 4.69) is 10.7 Å². The van der Waals surface area contributed by atoms with E-state index in [0.29, 0.717) is 13.0 Å². The summed E-state index contributed by atoms with van der Waals surface area (Å²) in [6.45, 7) is 0.449. The fourth-order valence-corrected chi connectivity index (χ4v) is 1.84. The maximum atomic E-state index is 11.2. The lowest BCUT2D eigenvalue weighted by Gasteiger charge is -2.16. The fraction of sp³-hybridized carbons (Fsp3) is 0.273. The number of hydrazine groups is 1. The van der Waals surface area contributed by atoms with Crippen LogP contribution in [0, 0.1) is 0 Å². The Morgan fingerprint density at radius 2 is 2.35 bits per heavy atom. The highest BCUT2D eigenvalue weighted by Gasteiger charge is 2.18. The molecule has 6 heteroatoms. The quantitative estimate of drug-likeness (QED) is 0.388. The maximum absolute atomic E-state index is 11.2. The van der Waals surface area contributed by atoms with Crippen molar-refractivity contribution in [3.8, 4) is 0 Å². The van der Waals surface area contributed by atoms with Crippen LogP contribution in [0.4, 0.5) is 10.5 Å². The number of hydrogen-bond donors (Lipinski definition) is 3. The second-order valence-electron chi connectivity index (χ2n) is 4.02. The molecular weight excluding hydrogens is 220 g/mol. The summed E-state index contributed by atoms with van der Waals surface area (Å²) < 4.78 is 0. The third-order valence-electron chi connectivity index (χ3n) is 2.68. The molecule has 2 rings (SSSR count). The van der Waals surface area contributed by atoms with Crippen molar-refractivity contribution in [1.82, 2.24) is 10.3 Å². The van der Waals surface area contributed by atoms with Crippen LogP contribution in [0.15, 0.2) is 18.2 Å². The van der Waals surface area contributed by atoms with E-state index < -0.39 is 0 Å². The summed E-state index contributed by atoms with van der Waals surface area (Å²) in [4.78, 5) is 23.9. The molecule has 1 heterocycles. The lowest BCUT2D eigenvalue weighted by Crippen LogP contribution is -2.40. The number of anilines is 1. The van der Waals surface area contributed by atoms with Gasteiger partial charge in [-0.15, -0.1) is 0 Å². The van der Waals surface area contributed by atoms with Crippen molar-refractivity contribution in [2.75, 3.05) is 12.4 Å². The van der Waals surface area contributed by atoms with E-state index in [1.54, 1.807) is 7.05 Å². The second kappa shape index (κ2) is 4.42. The zero-order valence-corrected chi connectivity index (χ0v) is 9.49. The van der Waals surface area contributed by atoms with E-state index in [1.165, 1.54) is 4.90 Å². The molecule has 17 heavy (non-hydrogen) atoms. The van der Waals surface area contributed by atoms with E-state index in [0.717, 1.165) is 16.8 Å². The Hall–Kier alpha value is -2.08. The average molecular weight is 234 g/mol. The highest BCUT2D eigenvalue weighted by Crippen LogP contribution is 2.24. The van der Waals surface area contributed by atoms with Gasteiger partial charge in [-0.2, -0.15) is 0 Å². The van der Waals surface area contributed by atoms with Gasteiger partial charge in [-0.05, 0) is 17.2 Å². The van der Waals surface area contributed by atoms with Gasteiger partial charge in [0, 0.05) is 19.3 Å². The molecule has 0 atom stereocenters. The van der Waals surface area contributed by atoms with Crippen molar-refractivity contribution in [1.29, 1.82) is 0 Å². The van der Waals surface area contributed by atoms with E-state index in [-0.39, 0.29) is 11.9 Å². The van der Waals surface area contributed by atoms with Gasteiger partial charge in [0.1, 0.15) is 0 Å². The van der Waals surface area contributed by atoms with Gasteiger partial charge in [-0.25, -0.2) is 10.6 Å². The second-order valence-corrected chi connectivity index (χ2v) is 4.02. The molecule has 1 aliphatic heterocycles. The first-order valence-electron chi connectivity index (χ1n) is 5.23. The summed E-state index contributed by atoms with van der Waals surface area (Å²) in [5, 5.41) is 2.76. The number of urea groups is 1. The lowest BCUT2D eigenvalue weighted by molar-refractivity contribution is -0.115. The summed E-state index contributed by atoms with van der Waals surface area (Å²) >= 11 is 0. The number of carbonyl (C=O) groups is 2. The Morgan fingerprint density at radius 3 is 3.06 bits per heavy atom. The van der Waals surface area contributed by atoms with Crippen LogP contribution in [0.2, 0.25) is 0 Å². The van der Waals surface area contributed by atoms with Gasteiger partial charge in [0.05, 0.1) is 6.42 Å². The van der Waals surface area contributed by atoms with Crippen molar-refractivity contribution in [2.24, 2.45) is 5.84 Å². The van der Waals surface area contributed by atoms with Crippen LogP contribution in [0.25, 0.3) is 0 Å². The predicted octanol–water partition coefficient (Wildman–Crippen LogP) is 0.196. The smallest absolute Gasteiger partial charge is 0.326 e. The Balaban J connectivity index is 2.11. The molecule has 0 saturated heterocycles. The molecule has 3 amide bonds. The summed E-state index contributed by atoms with van der Waals surface area (Å²) in [7, 11) is 1.65. The van der Waals surface area contributed by atoms with Crippen molar-refractivity contribution in [3.05, 3.63) is 29.3 Å². The van der Waals surface area contributed by atoms with Crippen LogP contribution >= 0.6 is 0 Å². The molecule has 1 aliphatic rings. The van der Waals surface area contributed by atoms with Gasteiger partial charge in [0.15, 0.2) is 0 Å². The molecule has 6 nitrogen and oxygen atoms in total. The van der Waals surface area contributed by atoms with Crippen molar-refractivity contribution in [3.63, 3.8) is 0 Å². The van der Waals surface area contributed by atoms with Crippen LogP contribution in [-0.2, 0) is 17.8 Å². The van der Waals surface area contributed by atoms with Crippen LogP contribution in [0.5, 0.6) is 0 Å². The van der Waals surface area contributed by atoms with Gasteiger partial charge in [-0.1, -0.05) is 12.1 Å². The number of hydrogen-bond acceptors (Lipinski definition) is 3. The monoisotopic (exact) mass is 234 g/mol. The maximum Gasteiger partial charge on any atom is 0.331 e. The molecule has 0 aromatic heterocycles. The van der Waals surface area contributed by atoms with Crippen LogP contribution in [0.1, 0.15) is 11.1 Å². The lowest BCUT2D eigenvalue weighted by atomic mass is 10.1. The zero-order valence-electron chi connectivity index (χ0n) is 9.49. The Kier molecular flexibility index (Phi) is 2.97. The third-order valence-corrected chi connectivity index (χ3v) is 2.68. The first-order valence-corrected chi connectivity index (χ1v) is 5.23. The first-order chi connectivity index (χ1) is 8.10. The molecule has 90 valence electrons. The van der Waals surface area contributed by atoms with Crippen LogP contribution in [0.3, 0.4) is 0 Å². The predicted molar refractivity (Wildman–Crippen MR) is 63.0 cm³/mol. The topological polar surface area (TPSA) is 87.5 Å². The number of benzene rings is 1. The normalized spacial score (nSPS) is 12.9. The first kappa shape index (κ1) is 11.4. The highest BCUT2D eigenvalue weighted by atomic mass is 16.2. The number of nitrogens with one attached hydrogen (secondary N) is 2. The van der Waals surface area contributed by atoms with Gasteiger partial charge in [0.2, 0.25) is 5.91 Å². The van der Waals surface area contributed by atoms with Gasteiger partial charge in [-0.3, -0.25) is 10.2 Å². The summed E-state index contributed by atoms with van der Waals surface area (Å²) in [5.74, 6) is 5.04. The molecule has 0 saturated carbocycles. The number of rotatable bonds is 2. The highest BCUT2D eigenvalue weighted by molar-refractivity contribution is 5.99. The average Bonchev–Trinajstić information content (AvgIpc) is 2.67. The summed E-state index contributed by atoms with van der Waals surface area (Å²) in [6.07, 6.45) is 0.399. The van der Waals surface area contributed by atoms with Crippen molar-refractivity contribution >= 4 is 17.6 Å². The Labute approximate surface area is 98.7 Å². The summed E-state index contributed by atoms with van der Waals surface area (Å²) in [5.41, 5.74) is 4.85. The molecule has 1 aromatic carbocycles. The number of fused-ring (bicyclic) bond motifs is 1. The van der Waals surface area contributed by atoms with Crippen LogP contribution < -0.4 is 16.6 Å². The molecule has 0 unspecified atom stereocenters. The Bertz CT molecular complexity index is 473. The van der Waals surface area contributed by atoms with Gasteiger partial charge in [0.25, 0.3) is 0 Å². The fourth-order valence-electron chi connectivity index (χ4n) is 1.84. The SMILES string of the molecule is CN(Cc1ccc2c(c1)CC(=O)N2)C(=O)NN. The van der Waals surface area contributed by atoms with E-state index >= 15 is 0 Å². The molecular formula is C11H14N4O2. The molecule has 0 spiro atoms. The number of nitrogens with two attached hydrogens (primary N) is 1. The minimum Gasteiger partial charge on any atom is -0.326 e. The van der Waals surface area contributed by atoms with Gasteiger partial charge < -0.3 is 10.2 Å². The molecule has 0 aliphatic carbocycles. The van der Waals surface area contributed by atoms with E-state index in [9.17, 15) is 9.59 Å². The van der Waals surface area contributed by atoms with Crippen LogP contribution in [-0.4, -0.2) is 23.9 Å². The number of nitrogens with zero attached hydrogens (tertiary/aromatic N) is 1. The molecule has 0 fully saturated rings. The number of amides is 3. The van der Waals surface area contributed by atoms with Crippen molar-refractivity contribution in [2.45, 2.75) is 13.0 Å². The molecule has 0 bridgehead atoms. The molecule has 0 radical (unpaired) electrons. The Morgan fingerprint density at radius 1 is 1.59 bits per heavy atom. The number of carbonyl (C=O) groups excluding carboxylic acids is 2. The zero-order chi connectivity index (χ0) is 12.4. The minimum absolute atomic E-state index is 0.00482. The van der Waals surface area contributed by atoms with E-state index in [4.69, 9.17) is 5.84 Å². The minimum atomic E-state index is -0.348. The van der Waals surface area contributed by atoms with Crippen molar-refractivity contribution < 1.29 is 9.59 Å². The van der Waals surface area contributed by atoms with Gasteiger partial charge >= 0.3 is 6.03 Å². The standard InChI is InChI=1S/C11H14N4O2/c1-15(11(17)14-12)6-7-2-3-9-8(4-7)5-10(16)13-9/h2-4H,5-6,12H2,1H3,(H,13,16)(H,14,17). The molecule has 1 aromatic rings.